The molecule has 0 aliphatic heterocycles. The second-order valence-corrected chi connectivity index (χ2v) is 7.89. The number of nitrogens with zero attached hydrogens (tertiary/aromatic N) is 1. The molecule has 0 saturated heterocycles. The number of hydrogen-bond donors (Lipinski definition) is 2. The molecule has 2 N–H and O–H groups in total. The topological polar surface area (TPSA) is 114 Å². The number of thiophene rings is 1. The zero-order valence-electron chi connectivity index (χ0n) is 16.6. The standard InChI is InChI=1S/C21H23N3O5S/c1-27-10-8-23-21(26)29-13-14-4-6-16-17(12-22)20(30-18(16)11-14)24-19(25)7-5-15-3-2-9-28-15/h2-3,5,7,9,14H,4,6,8,10-11,13H2,1H3,(H,23,26)(H,24,25)/b7-5+. The van der Waals surface area contributed by atoms with Crippen LogP contribution in [0.15, 0.2) is 28.9 Å². The highest BCUT2D eigenvalue weighted by Crippen LogP contribution is 2.39. The molecule has 9 heteroatoms. The van der Waals surface area contributed by atoms with Gasteiger partial charge in [0.1, 0.15) is 16.8 Å². The summed E-state index contributed by atoms with van der Waals surface area (Å²) >= 11 is 1.41. The number of anilines is 1. The molecule has 158 valence electrons. The molecule has 0 saturated carbocycles. The predicted octanol–water partition coefficient (Wildman–Crippen LogP) is 3.34. The number of hydrogen-bond acceptors (Lipinski definition) is 7. The van der Waals surface area contributed by atoms with Crippen molar-refractivity contribution in [3.05, 3.63) is 46.2 Å². The largest absolute Gasteiger partial charge is 0.465 e. The number of ether oxygens (including phenoxy) is 2. The van der Waals surface area contributed by atoms with Gasteiger partial charge in [-0.3, -0.25) is 4.79 Å². The quantitative estimate of drug-likeness (QED) is 0.491. The van der Waals surface area contributed by atoms with E-state index in [1.165, 1.54) is 23.7 Å². The average Bonchev–Trinajstić information content (AvgIpc) is 3.37. The molecule has 2 aromatic heterocycles. The molecule has 1 aliphatic rings. The maximum atomic E-state index is 12.2. The van der Waals surface area contributed by atoms with Gasteiger partial charge in [-0.1, -0.05) is 0 Å². The Morgan fingerprint density at radius 2 is 2.33 bits per heavy atom. The zero-order chi connectivity index (χ0) is 21.3. The van der Waals surface area contributed by atoms with E-state index in [1.807, 2.05) is 0 Å². The summed E-state index contributed by atoms with van der Waals surface area (Å²) in [4.78, 5) is 25.0. The lowest BCUT2D eigenvalue weighted by Gasteiger charge is -2.21. The van der Waals surface area contributed by atoms with Gasteiger partial charge in [0, 0.05) is 24.6 Å². The highest BCUT2D eigenvalue weighted by Gasteiger charge is 2.27. The summed E-state index contributed by atoms with van der Waals surface area (Å²) < 4.78 is 15.3. The number of furan rings is 1. The zero-order valence-corrected chi connectivity index (χ0v) is 17.4. The first-order valence-corrected chi connectivity index (χ1v) is 10.4. The molecule has 3 rings (SSSR count). The molecule has 1 aliphatic carbocycles. The Kier molecular flexibility index (Phi) is 7.65. The molecule has 1 atom stereocenters. The molecule has 2 amide bonds. The second kappa shape index (κ2) is 10.6. The first kappa shape index (κ1) is 21.6. The summed E-state index contributed by atoms with van der Waals surface area (Å²) in [5.41, 5.74) is 1.50. The van der Waals surface area contributed by atoms with E-state index in [2.05, 4.69) is 16.7 Å². The van der Waals surface area contributed by atoms with Crippen LogP contribution in [0, 0.1) is 17.2 Å². The van der Waals surface area contributed by atoms with E-state index in [9.17, 15) is 14.9 Å². The van der Waals surface area contributed by atoms with Gasteiger partial charge in [0.15, 0.2) is 0 Å². The number of carbonyl (C=O) groups is 2. The van der Waals surface area contributed by atoms with Crippen molar-refractivity contribution in [1.29, 1.82) is 5.26 Å². The lowest BCUT2D eigenvalue weighted by molar-refractivity contribution is -0.111. The van der Waals surface area contributed by atoms with Gasteiger partial charge in [0.05, 0.1) is 25.0 Å². The molecule has 0 aromatic carbocycles. The average molecular weight is 429 g/mol. The molecule has 8 nitrogen and oxygen atoms in total. The van der Waals surface area contributed by atoms with Crippen molar-refractivity contribution >= 4 is 34.4 Å². The predicted molar refractivity (Wildman–Crippen MR) is 112 cm³/mol. The molecular formula is C21H23N3O5S. The normalized spacial score (nSPS) is 15.4. The van der Waals surface area contributed by atoms with Crippen LogP contribution in [0.25, 0.3) is 6.08 Å². The van der Waals surface area contributed by atoms with Crippen LogP contribution in [0.2, 0.25) is 0 Å². The van der Waals surface area contributed by atoms with Crippen molar-refractivity contribution < 1.29 is 23.5 Å². The van der Waals surface area contributed by atoms with E-state index < -0.39 is 6.09 Å². The van der Waals surface area contributed by atoms with Crippen LogP contribution in [-0.4, -0.2) is 38.9 Å². The van der Waals surface area contributed by atoms with Crippen molar-refractivity contribution in [2.45, 2.75) is 19.3 Å². The summed E-state index contributed by atoms with van der Waals surface area (Å²) in [7, 11) is 1.56. The molecular weight excluding hydrogens is 406 g/mol. The van der Waals surface area contributed by atoms with Crippen LogP contribution < -0.4 is 10.6 Å². The highest BCUT2D eigenvalue weighted by molar-refractivity contribution is 7.16. The molecule has 0 spiro atoms. The Morgan fingerprint density at radius 1 is 1.47 bits per heavy atom. The van der Waals surface area contributed by atoms with Crippen LogP contribution in [0.3, 0.4) is 0 Å². The maximum absolute atomic E-state index is 12.2. The van der Waals surface area contributed by atoms with Gasteiger partial charge in [-0.2, -0.15) is 5.26 Å². The van der Waals surface area contributed by atoms with E-state index in [-0.39, 0.29) is 11.8 Å². The third kappa shape index (κ3) is 5.72. The van der Waals surface area contributed by atoms with Crippen LogP contribution in [0.4, 0.5) is 9.80 Å². The van der Waals surface area contributed by atoms with Gasteiger partial charge in [-0.25, -0.2) is 4.79 Å². The van der Waals surface area contributed by atoms with E-state index in [0.717, 1.165) is 16.9 Å². The summed E-state index contributed by atoms with van der Waals surface area (Å²) in [6.45, 7) is 1.14. The number of nitrogens with one attached hydrogen (secondary N) is 2. The first-order valence-electron chi connectivity index (χ1n) is 9.57. The third-order valence-electron chi connectivity index (χ3n) is 4.68. The molecule has 2 aromatic rings. The summed E-state index contributed by atoms with van der Waals surface area (Å²) in [5.74, 6) is 0.428. The van der Waals surface area contributed by atoms with E-state index in [4.69, 9.17) is 13.9 Å². The molecule has 0 radical (unpaired) electrons. The van der Waals surface area contributed by atoms with E-state index in [0.29, 0.717) is 48.9 Å². The maximum Gasteiger partial charge on any atom is 0.407 e. The Bertz CT molecular complexity index is 943. The van der Waals surface area contributed by atoms with E-state index in [1.54, 1.807) is 25.3 Å². The number of methoxy groups -OCH3 is 1. The van der Waals surface area contributed by atoms with Gasteiger partial charge in [-0.15, -0.1) is 11.3 Å². The molecule has 2 heterocycles. The van der Waals surface area contributed by atoms with Crippen molar-refractivity contribution in [2.24, 2.45) is 5.92 Å². The van der Waals surface area contributed by atoms with Crippen LogP contribution in [-0.2, 0) is 27.1 Å². The van der Waals surface area contributed by atoms with Gasteiger partial charge in [0.25, 0.3) is 0 Å². The fourth-order valence-electron chi connectivity index (χ4n) is 3.20. The van der Waals surface area contributed by atoms with Crippen molar-refractivity contribution in [1.82, 2.24) is 5.32 Å². The Hall–Kier alpha value is -3.09. The number of amides is 2. The van der Waals surface area contributed by atoms with Gasteiger partial charge < -0.3 is 24.5 Å². The van der Waals surface area contributed by atoms with Crippen molar-refractivity contribution in [2.75, 3.05) is 32.2 Å². The summed E-state index contributed by atoms with van der Waals surface area (Å²) in [6.07, 6.45) is 6.25. The van der Waals surface area contributed by atoms with Crippen LogP contribution in [0.1, 0.15) is 28.2 Å². The number of nitriles is 1. The number of fused-ring (bicyclic) bond motifs is 1. The molecule has 1 unspecified atom stereocenters. The first-order chi connectivity index (χ1) is 14.6. The fraction of sp³-hybridized carbons (Fsp3) is 0.381. The number of alkyl carbamates (subject to hydrolysis) is 1. The lowest BCUT2D eigenvalue weighted by atomic mass is 9.88. The Labute approximate surface area is 178 Å². The third-order valence-corrected chi connectivity index (χ3v) is 5.85. The SMILES string of the molecule is COCCNC(=O)OCC1CCc2c(sc(NC(=O)/C=C/c3ccco3)c2C#N)C1. The van der Waals surface area contributed by atoms with Gasteiger partial charge >= 0.3 is 6.09 Å². The molecule has 0 fully saturated rings. The van der Waals surface area contributed by atoms with Crippen LogP contribution >= 0.6 is 11.3 Å². The number of carbonyl (C=O) groups excluding carboxylic acids is 2. The summed E-state index contributed by atoms with van der Waals surface area (Å²) in [6, 6.07) is 5.70. The van der Waals surface area contributed by atoms with Crippen molar-refractivity contribution in [3.8, 4) is 6.07 Å². The highest BCUT2D eigenvalue weighted by atomic mass is 32.1. The van der Waals surface area contributed by atoms with Crippen LogP contribution in [0.5, 0.6) is 0 Å². The minimum Gasteiger partial charge on any atom is -0.465 e. The Balaban J connectivity index is 1.58. The monoisotopic (exact) mass is 429 g/mol. The molecule has 0 bridgehead atoms. The van der Waals surface area contributed by atoms with Gasteiger partial charge in [-0.05, 0) is 49.0 Å². The van der Waals surface area contributed by atoms with Gasteiger partial charge in [0.2, 0.25) is 5.91 Å². The summed E-state index contributed by atoms with van der Waals surface area (Å²) in [5, 5.41) is 15.6. The molecule has 30 heavy (non-hydrogen) atoms. The smallest absolute Gasteiger partial charge is 0.407 e. The van der Waals surface area contributed by atoms with E-state index >= 15 is 0 Å². The minimum atomic E-state index is -0.460. The lowest BCUT2D eigenvalue weighted by Crippen LogP contribution is -2.30. The minimum absolute atomic E-state index is 0.179. The Morgan fingerprint density at radius 3 is 3.07 bits per heavy atom. The fourth-order valence-corrected chi connectivity index (χ4v) is 4.52. The second-order valence-electron chi connectivity index (χ2n) is 6.78. The number of rotatable bonds is 8. The van der Waals surface area contributed by atoms with Crippen molar-refractivity contribution in [3.63, 3.8) is 0 Å².